The number of amides is 1. The predicted octanol–water partition coefficient (Wildman–Crippen LogP) is 5.27. The Morgan fingerprint density at radius 3 is 2.52 bits per heavy atom. The van der Waals surface area contributed by atoms with Crippen LogP contribution in [0.25, 0.3) is 0 Å². The van der Waals surface area contributed by atoms with Gasteiger partial charge in [0, 0.05) is 6.20 Å². The minimum Gasteiger partial charge on any atom is -0.318 e. The third-order valence-electron chi connectivity index (χ3n) is 5.17. The summed E-state index contributed by atoms with van der Waals surface area (Å²) in [5, 5.41) is 11.9. The van der Waals surface area contributed by atoms with Crippen LogP contribution in [0.2, 0.25) is 0 Å². The van der Waals surface area contributed by atoms with Crippen LogP contribution in [0.1, 0.15) is 68.2 Å². The molecule has 1 aromatic heterocycles. The van der Waals surface area contributed by atoms with E-state index in [1.54, 1.807) is 32.0 Å². The lowest BCUT2D eigenvalue weighted by Gasteiger charge is -2.26. The van der Waals surface area contributed by atoms with E-state index >= 15 is 0 Å². The molecule has 0 radical (unpaired) electrons. The molecule has 0 aliphatic carbocycles. The van der Waals surface area contributed by atoms with Gasteiger partial charge in [-0.05, 0) is 73.6 Å². The van der Waals surface area contributed by atoms with E-state index in [4.69, 9.17) is 0 Å². The number of halogens is 1. The number of aryl methyl sites for hydroxylation is 1. The Bertz CT molecular complexity index is 910. The van der Waals surface area contributed by atoms with Crippen molar-refractivity contribution in [2.75, 3.05) is 5.32 Å². The van der Waals surface area contributed by atoms with Crippen molar-refractivity contribution >= 4 is 11.6 Å². The lowest BCUT2D eigenvalue weighted by Crippen LogP contribution is -2.21. The van der Waals surface area contributed by atoms with Crippen LogP contribution in [0.4, 0.5) is 10.1 Å². The van der Waals surface area contributed by atoms with Crippen molar-refractivity contribution in [1.82, 2.24) is 4.98 Å². The van der Waals surface area contributed by atoms with Crippen LogP contribution >= 0.6 is 0 Å². The molecule has 142 valence electrons. The van der Waals surface area contributed by atoms with E-state index in [1.807, 2.05) is 6.92 Å². The number of aromatic nitrogens is 1. The van der Waals surface area contributed by atoms with Crippen LogP contribution in [0.3, 0.4) is 0 Å². The van der Waals surface area contributed by atoms with Crippen molar-refractivity contribution in [3.05, 3.63) is 58.7 Å². The van der Waals surface area contributed by atoms with Gasteiger partial charge < -0.3 is 5.32 Å². The number of rotatable bonds is 5. The van der Waals surface area contributed by atoms with Gasteiger partial charge in [0.15, 0.2) is 0 Å². The smallest absolute Gasteiger partial charge is 0.274 e. The number of anilines is 1. The zero-order valence-electron chi connectivity index (χ0n) is 16.8. The highest BCUT2D eigenvalue weighted by molar-refractivity contribution is 6.03. The quantitative estimate of drug-likeness (QED) is 0.783. The van der Waals surface area contributed by atoms with Gasteiger partial charge in [0.2, 0.25) is 0 Å². The summed E-state index contributed by atoms with van der Waals surface area (Å²) >= 11 is 0. The number of benzene rings is 1. The molecule has 27 heavy (non-hydrogen) atoms. The molecular weight excluding hydrogens is 341 g/mol. The highest BCUT2D eigenvalue weighted by Crippen LogP contribution is 2.33. The number of nitriles is 1. The first-order chi connectivity index (χ1) is 12.5. The van der Waals surface area contributed by atoms with Gasteiger partial charge in [-0.25, -0.2) is 4.39 Å². The lowest BCUT2D eigenvalue weighted by molar-refractivity contribution is 0.102. The molecule has 1 aromatic carbocycles. The fourth-order valence-corrected chi connectivity index (χ4v) is 2.88. The Hall–Kier alpha value is -2.74. The summed E-state index contributed by atoms with van der Waals surface area (Å²) in [6.45, 7) is 11.7. The van der Waals surface area contributed by atoms with Gasteiger partial charge >= 0.3 is 0 Å². The zero-order valence-corrected chi connectivity index (χ0v) is 16.8. The maximum absolute atomic E-state index is 14.4. The fraction of sp³-hybridized carbons (Fsp3) is 0.409. The summed E-state index contributed by atoms with van der Waals surface area (Å²) in [6.07, 6.45) is 2.38. The highest BCUT2D eigenvalue weighted by Gasteiger charge is 2.24. The fourth-order valence-electron chi connectivity index (χ4n) is 2.88. The molecule has 2 rings (SSSR count). The molecule has 0 aliphatic rings. The third-order valence-corrected chi connectivity index (χ3v) is 5.17. The molecule has 2 aromatic rings. The van der Waals surface area contributed by atoms with Crippen LogP contribution in [0.15, 0.2) is 30.5 Å². The van der Waals surface area contributed by atoms with Gasteiger partial charge in [-0.3, -0.25) is 9.78 Å². The maximum atomic E-state index is 14.4. The minimum absolute atomic E-state index is 0.133. The Morgan fingerprint density at radius 2 is 1.93 bits per heavy atom. The lowest BCUT2D eigenvalue weighted by atomic mass is 9.79. The summed E-state index contributed by atoms with van der Waals surface area (Å²) in [5.41, 5.74) is 1.93. The molecule has 5 heteroatoms. The molecule has 1 N–H and O–H groups in total. The first-order valence-electron chi connectivity index (χ1n) is 9.01. The van der Waals surface area contributed by atoms with E-state index in [9.17, 15) is 14.4 Å². The Kier molecular flexibility index (Phi) is 5.70. The maximum Gasteiger partial charge on any atom is 0.274 e. The van der Waals surface area contributed by atoms with E-state index in [0.29, 0.717) is 5.56 Å². The molecule has 0 spiro atoms. The molecule has 0 aliphatic heterocycles. The topological polar surface area (TPSA) is 65.8 Å². The second-order valence-electron chi connectivity index (χ2n) is 8.01. The van der Waals surface area contributed by atoms with Crippen molar-refractivity contribution in [3.63, 3.8) is 0 Å². The number of hydrogen-bond donors (Lipinski definition) is 1. The molecule has 4 nitrogen and oxygen atoms in total. The Morgan fingerprint density at radius 1 is 1.26 bits per heavy atom. The molecule has 1 amide bonds. The number of carbonyl (C=O) groups is 1. The number of hydrogen-bond acceptors (Lipinski definition) is 3. The van der Waals surface area contributed by atoms with Gasteiger partial charge in [-0.1, -0.05) is 20.8 Å². The second-order valence-corrected chi connectivity index (χ2v) is 8.01. The van der Waals surface area contributed by atoms with Crippen LogP contribution in [-0.2, 0) is 10.8 Å². The average molecular weight is 367 g/mol. The van der Waals surface area contributed by atoms with E-state index in [0.717, 1.165) is 17.5 Å². The molecule has 0 unspecified atom stereocenters. The van der Waals surface area contributed by atoms with E-state index in [-0.39, 0.29) is 16.8 Å². The van der Waals surface area contributed by atoms with Crippen LogP contribution < -0.4 is 5.32 Å². The van der Waals surface area contributed by atoms with Crippen molar-refractivity contribution in [3.8, 4) is 6.07 Å². The van der Waals surface area contributed by atoms with Crippen molar-refractivity contribution in [2.45, 2.75) is 58.8 Å². The van der Waals surface area contributed by atoms with Gasteiger partial charge in [0.25, 0.3) is 5.91 Å². The number of carbonyl (C=O) groups excluding carboxylic acids is 1. The average Bonchev–Trinajstić information content (AvgIpc) is 2.63. The van der Waals surface area contributed by atoms with Crippen molar-refractivity contribution in [1.29, 1.82) is 5.26 Å². The summed E-state index contributed by atoms with van der Waals surface area (Å²) < 4.78 is 14.4. The monoisotopic (exact) mass is 367 g/mol. The first-order valence-corrected chi connectivity index (χ1v) is 9.01. The van der Waals surface area contributed by atoms with E-state index in [1.165, 1.54) is 12.3 Å². The first kappa shape index (κ1) is 20.6. The molecule has 0 atom stereocenters. The van der Waals surface area contributed by atoms with Crippen LogP contribution in [0, 0.1) is 24.1 Å². The molecule has 0 saturated heterocycles. The zero-order chi connectivity index (χ0) is 20.4. The molecule has 0 fully saturated rings. The predicted molar refractivity (Wildman–Crippen MR) is 105 cm³/mol. The van der Waals surface area contributed by atoms with Gasteiger partial charge in [-0.15, -0.1) is 0 Å². The van der Waals surface area contributed by atoms with Crippen LogP contribution in [0.5, 0.6) is 0 Å². The highest BCUT2D eigenvalue weighted by atomic mass is 19.1. The number of nitrogens with one attached hydrogen (secondary N) is 1. The Balaban J connectivity index is 2.38. The van der Waals surface area contributed by atoms with Gasteiger partial charge in [-0.2, -0.15) is 5.26 Å². The summed E-state index contributed by atoms with van der Waals surface area (Å²) in [4.78, 5) is 16.7. The SMILES string of the molecule is CCC(C)(C)c1cc(NC(=O)c2cc(C(C)(C)C#N)ccn2)c(F)cc1C. The molecule has 1 heterocycles. The largest absolute Gasteiger partial charge is 0.318 e. The summed E-state index contributed by atoms with van der Waals surface area (Å²) in [7, 11) is 0. The normalized spacial score (nSPS) is 11.8. The van der Waals surface area contributed by atoms with Crippen LogP contribution in [-0.4, -0.2) is 10.9 Å². The second kappa shape index (κ2) is 7.48. The van der Waals surface area contributed by atoms with Gasteiger partial charge in [0.1, 0.15) is 11.5 Å². The minimum atomic E-state index is -0.745. The third kappa shape index (κ3) is 4.33. The number of nitrogens with zero attached hydrogens (tertiary/aromatic N) is 2. The van der Waals surface area contributed by atoms with Crippen molar-refractivity contribution < 1.29 is 9.18 Å². The Labute approximate surface area is 160 Å². The summed E-state index contributed by atoms with van der Waals surface area (Å²) in [6, 6.07) is 8.63. The number of pyridine rings is 1. The molecular formula is C22H26FN3O. The molecule has 0 bridgehead atoms. The van der Waals surface area contributed by atoms with Crippen molar-refractivity contribution in [2.24, 2.45) is 0 Å². The summed E-state index contributed by atoms with van der Waals surface area (Å²) in [5.74, 6) is -0.987. The standard InChI is InChI=1S/C22H26FN3O/c1-7-21(3,4)16-12-18(17(23)10-14(16)2)26-20(27)19-11-15(8-9-25-19)22(5,6)13-24/h8-12H,7H2,1-6H3,(H,26,27). The van der Waals surface area contributed by atoms with Gasteiger partial charge in [0.05, 0.1) is 17.2 Å². The molecule has 0 saturated carbocycles. The van der Waals surface area contributed by atoms with E-state index in [2.05, 4.69) is 37.1 Å². The van der Waals surface area contributed by atoms with E-state index < -0.39 is 17.1 Å².